The molecule has 4 heteroatoms. The molecule has 0 saturated carbocycles. The lowest BCUT2D eigenvalue weighted by atomic mass is 10.3. The van der Waals surface area contributed by atoms with Gasteiger partial charge in [-0.1, -0.05) is 0 Å². The van der Waals surface area contributed by atoms with Gasteiger partial charge in [-0.3, -0.25) is 0 Å². The van der Waals surface area contributed by atoms with Crippen LogP contribution in [0.15, 0.2) is 11.8 Å². The molecule has 11 heavy (non-hydrogen) atoms. The topological polar surface area (TPSA) is 66.8 Å². The maximum absolute atomic E-state index is 10.1. The molecule has 0 aliphatic rings. The Labute approximate surface area is 65.1 Å². The summed E-state index contributed by atoms with van der Waals surface area (Å²) in [6.07, 6.45) is 0.780. The Morgan fingerprint density at radius 1 is 1.64 bits per heavy atom. The highest BCUT2D eigenvalue weighted by atomic mass is 16.5. The Morgan fingerprint density at radius 2 is 2.18 bits per heavy atom. The van der Waals surface area contributed by atoms with E-state index in [0.29, 0.717) is 6.61 Å². The first-order chi connectivity index (χ1) is 5.07. The summed E-state index contributed by atoms with van der Waals surface area (Å²) in [5, 5.41) is 16.9. The summed E-state index contributed by atoms with van der Waals surface area (Å²) in [5.41, 5.74) is 0. The number of ether oxygens (including phenoxy) is 1. The van der Waals surface area contributed by atoms with Gasteiger partial charge < -0.3 is 14.9 Å². The first kappa shape index (κ1) is 9.97. The molecule has 1 unspecified atom stereocenters. The lowest BCUT2D eigenvalue weighted by Gasteiger charge is -2.04. The molecule has 0 spiro atoms. The van der Waals surface area contributed by atoms with Crippen molar-refractivity contribution < 1.29 is 19.7 Å². The van der Waals surface area contributed by atoms with Gasteiger partial charge in [0.1, 0.15) is 0 Å². The van der Waals surface area contributed by atoms with Crippen LogP contribution in [0, 0.1) is 0 Å². The summed E-state index contributed by atoms with van der Waals surface area (Å²) in [6, 6.07) is 0. The first-order valence-corrected chi connectivity index (χ1v) is 3.33. The highest BCUT2D eigenvalue weighted by Crippen LogP contribution is 1.97. The van der Waals surface area contributed by atoms with Gasteiger partial charge in [0.2, 0.25) is 0 Å². The number of carboxylic acids is 1. The van der Waals surface area contributed by atoms with Gasteiger partial charge in [0, 0.05) is 6.61 Å². The van der Waals surface area contributed by atoms with Crippen molar-refractivity contribution in [3.8, 4) is 0 Å². The molecule has 0 aromatic rings. The third kappa shape index (κ3) is 4.38. The molecule has 0 amide bonds. The van der Waals surface area contributed by atoms with E-state index in [2.05, 4.69) is 0 Å². The summed E-state index contributed by atoms with van der Waals surface area (Å²) in [7, 11) is 0. The van der Waals surface area contributed by atoms with Gasteiger partial charge in [0.15, 0.2) is 5.76 Å². The van der Waals surface area contributed by atoms with Crippen molar-refractivity contribution in [2.75, 3.05) is 6.61 Å². The van der Waals surface area contributed by atoms with Crippen LogP contribution in [0.3, 0.4) is 0 Å². The molecule has 0 saturated heterocycles. The monoisotopic (exact) mass is 160 g/mol. The second-order valence-corrected chi connectivity index (χ2v) is 2.02. The van der Waals surface area contributed by atoms with Crippen LogP contribution in [-0.2, 0) is 9.53 Å². The number of carboxylic acid groups (broad SMARTS) is 1. The lowest BCUT2D eigenvalue weighted by Crippen LogP contribution is -2.08. The van der Waals surface area contributed by atoms with E-state index in [0.717, 1.165) is 6.08 Å². The van der Waals surface area contributed by atoms with Gasteiger partial charge >= 0.3 is 5.97 Å². The van der Waals surface area contributed by atoms with Crippen molar-refractivity contribution >= 4 is 5.97 Å². The van der Waals surface area contributed by atoms with Crippen LogP contribution in [0.5, 0.6) is 0 Å². The third-order valence-electron chi connectivity index (χ3n) is 1.04. The maximum atomic E-state index is 10.1. The Kier molecular flexibility index (Phi) is 4.29. The molecule has 0 radical (unpaired) electrons. The summed E-state index contributed by atoms with van der Waals surface area (Å²) >= 11 is 0. The largest absolute Gasteiger partial charge is 0.502 e. The standard InChI is InChI=1S/C7H12O4/c1-3-11-5(2)4-6(8)7(9)10/h4-5,8H,3H2,1-2H3,(H,9,10). The van der Waals surface area contributed by atoms with Crippen LogP contribution in [0.25, 0.3) is 0 Å². The molecule has 0 heterocycles. The Morgan fingerprint density at radius 3 is 2.55 bits per heavy atom. The number of hydrogen-bond donors (Lipinski definition) is 2. The van der Waals surface area contributed by atoms with Gasteiger partial charge in [-0.2, -0.15) is 0 Å². The van der Waals surface area contributed by atoms with Crippen molar-refractivity contribution in [1.82, 2.24) is 0 Å². The second-order valence-electron chi connectivity index (χ2n) is 2.02. The number of aliphatic hydroxyl groups excluding tert-OH is 1. The Hall–Kier alpha value is -1.03. The predicted octanol–water partition coefficient (Wildman–Crippen LogP) is 0.938. The van der Waals surface area contributed by atoms with Crippen LogP contribution in [0.2, 0.25) is 0 Å². The van der Waals surface area contributed by atoms with Gasteiger partial charge in [-0.15, -0.1) is 0 Å². The maximum Gasteiger partial charge on any atom is 0.370 e. The molecule has 0 aliphatic heterocycles. The fraction of sp³-hybridized carbons (Fsp3) is 0.571. The molecular weight excluding hydrogens is 148 g/mol. The van der Waals surface area contributed by atoms with E-state index >= 15 is 0 Å². The summed E-state index contributed by atoms with van der Waals surface area (Å²) < 4.78 is 4.96. The zero-order chi connectivity index (χ0) is 8.85. The number of rotatable bonds is 4. The van der Waals surface area contributed by atoms with E-state index in [1.54, 1.807) is 13.8 Å². The molecular formula is C7H12O4. The predicted molar refractivity (Wildman–Crippen MR) is 39.4 cm³/mol. The molecule has 0 aliphatic carbocycles. The van der Waals surface area contributed by atoms with Crippen LogP contribution in [-0.4, -0.2) is 28.9 Å². The van der Waals surface area contributed by atoms with Crippen molar-refractivity contribution in [2.45, 2.75) is 20.0 Å². The van der Waals surface area contributed by atoms with E-state index in [4.69, 9.17) is 14.9 Å². The lowest BCUT2D eigenvalue weighted by molar-refractivity contribution is -0.135. The quantitative estimate of drug-likeness (QED) is 0.474. The van der Waals surface area contributed by atoms with Crippen molar-refractivity contribution in [3.05, 3.63) is 11.8 Å². The molecule has 2 N–H and O–H groups in total. The zero-order valence-electron chi connectivity index (χ0n) is 6.57. The van der Waals surface area contributed by atoms with E-state index in [9.17, 15) is 4.79 Å². The van der Waals surface area contributed by atoms with Crippen molar-refractivity contribution in [1.29, 1.82) is 0 Å². The Balaban J connectivity index is 3.96. The second kappa shape index (κ2) is 4.73. The molecule has 64 valence electrons. The highest BCUT2D eigenvalue weighted by molar-refractivity contribution is 5.83. The minimum atomic E-state index is -1.34. The van der Waals surface area contributed by atoms with Crippen LogP contribution >= 0.6 is 0 Å². The van der Waals surface area contributed by atoms with Crippen molar-refractivity contribution in [2.24, 2.45) is 0 Å². The molecule has 0 fully saturated rings. The normalized spacial score (nSPS) is 14.5. The van der Waals surface area contributed by atoms with Gasteiger partial charge in [-0.25, -0.2) is 4.79 Å². The smallest absolute Gasteiger partial charge is 0.370 e. The molecule has 4 nitrogen and oxygen atoms in total. The average Bonchev–Trinajstić information content (AvgIpc) is 1.87. The van der Waals surface area contributed by atoms with Gasteiger partial charge in [0.05, 0.1) is 6.10 Å². The number of carbonyl (C=O) groups is 1. The van der Waals surface area contributed by atoms with E-state index in [1.807, 2.05) is 0 Å². The summed E-state index contributed by atoms with van der Waals surface area (Å²) in [6.45, 7) is 3.94. The number of aliphatic hydroxyl groups is 1. The summed E-state index contributed by atoms with van der Waals surface area (Å²) in [4.78, 5) is 10.1. The van der Waals surface area contributed by atoms with Crippen molar-refractivity contribution in [3.63, 3.8) is 0 Å². The molecule has 1 atom stereocenters. The van der Waals surface area contributed by atoms with E-state index in [-0.39, 0.29) is 6.10 Å². The molecule has 0 aromatic carbocycles. The van der Waals surface area contributed by atoms with E-state index in [1.165, 1.54) is 0 Å². The third-order valence-corrected chi connectivity index (χ3v) is 1.04. The number of aliphatic carboxylic acids is 1. The highest BCUT2D eigenvalue weighted by Gasteiger charge is 2.05. The molecule has 0 aromatic heterocycles. The molecule has 0 bridgehead atoms. The van der Waals surface area contributed by atoms with Crippen LogP contribution in [0.4, 0.5) is 0 Å². The summed E-state index contributed by atoms with van der Waals surface area (Å²) in [5.74, 6) is -2.01. The molecule has 0 rings (SSSR count). The van der Waals surface area contributed by atoms with Crippen LogP contribution in [0.1, 0.15) is 13.8 Å². The van der Waals surface area contributed by atoms with Gasteiger partial charge in [-0.05, 0) is 19.9 Å². The zero-order valence-corrected chi connectivity index (χ0v) is 6.57. The van der Waals surface area contributed by atoms with Crippen LogP contribution < -0.4 is 0 Å². The van der Waals surface area contributed by atoms with Gasteiger partial charge in [0.25, 0.3) is 0 Å². The fourth-order valence-corrected chi connectivity index (χ4v) is 0.605. The first-order valence-electron chi connectivity index (χ1n) is 3.33. The minimum absolute atomic E-state index is 0.365. The SMILES string of the molecule is CCOC(C)C=C(O)C(=O)O. The minimum Gasteiger partial charge on any atom is -0.502 e. The average molecular weight is 160 g/mol. The van der Waals surface area contributed by atoms with E-state index < -0.39 is 11.7 Å². The number of hydrogen-bond acceptors (Lipinski definition) is 3. The Bertz CT molecular complexity index is 162. The fourth-order valence-electron chi connectivity index (χ4n) is 0.605.